The molecule has 0 saturated heterocycles. The number of rotatable bonds is 10. The maximum Gasteiger partial charge on any atom is 0.333 e. The first-order chi connectivity index (χ1) is 11.6. The Bertz CT molecular complexity index is 582. The van der Waals surface area contributed by atoms with Gasteiger partial charge < -0.3 is 14.8 Å². The molecule has 24 heavy (non-hydrogen) atoms. The summed E-state index contributed by atoms with van der Waals surface area (Å²) in [6.07, 6.45) is 2.88. The van der Waals surface area contributed by atoms with Crippen molar-refractivity contribution in [1.82, 2.24) is 5.32 Å². The highest BCUT2D eigenvalue weighted by Gasteiger charge is 2.22. The summed E-state index contributed by atoms with van der Waals surface area (Å²) < 4.78 is 9.34. The molecule has 0 fully saturated rings. The van der Waals surface area contributed by atoms with Crippen molar-refractivity contribution in [2.75, 3.05) is 0 Å². The molecule has 0 spiro atoms. The second-order valence-electron chi connectivity index (χ2n) is 4.92. The quantitative estimate of drug-likeness (QED) is 0.525. The lowest BCUT2D eigenvalue weighted by molar-refractivity contribution is -0.143. The van der Waals surface area contributed by atoms with Crippen molar-refractivity contribution in [2.45, 2.75) is 31.7 Å². The van der Waals surface area contributed by atoms with Crippen LogP contribution in [0.5, 0.6) is 0 Å². The van der Waals surface area contributed by atoms with E-state index >= 15 is 0 Å². The van der Waals surface area contributed by atoms with Gasteiger partial charge in [0.1, 0.15) is 6.04 Å². The molecular weight excluding hydrogens is 310 g/mol. The monoisotopic (exact) mass is 331 g/mol. The third-order valence-electron chi connectivity index (χ3n) is 3.10. The smallest absolute Gasteiger partial charge is 0.333 e. The average Bonchev–Trinajstić information content (AvgIpc) is 2.55. The molecule has 1 aromatic carbocycles. The Morgan fingerprint density at radius 3 is 2.33 bits per heavy atom. The lowest BCUT2D eigenvalue weighted by Crippen LogP contribution is -2.42. The highest BCUT2D eigenvalue weighted by Crippen LogP contribution is 2.06. The van der Waals surface area contributed by atoms with Crippen LogP contribution in [-0.4, -0.2) is 23.9 Å². The second kappa shape index (κ2) is 10.8. The van der Waals surface area contributed by atoms with E-state index in [1.54, 1.807) is 0 Å². The molecule has 6 nitrogen and oxygen atoms in total. The van der Waals surface area contributed by atoms with Gasteiger partial charge in [0.2, 0.25) is 5.91 Å². The Morgan fingerprint density at radius 2 is 1.71 bits per heavy atom. The number of hydrogen-bond donors (Lipinski definition) is 1. The fourth-order valence-corrected chi connectivity index (χ4v) is 2.02. The average molecular weight is 331 g/mol. The van der Waals surface area contributed by atoms with E-state index in [1.807, 2.05) is 30.3 Å². The van der Waals surface area contributed by atoms with Crippen molar-refractivity contribution in [1.29, 1.82) is 0 Å². The molecule has 0 heterocycles. The van der Waals surface area contributed by atoms with Gasteiger partial charge in [-0.25, -0.2) is 4.79 Å². The van der Waals surface area contributed by atoms with Crippen LogP contribution in [0.25, 0.3) is 0 Å². The van der Waals surface area contributed by atoms with E-state index in [4.69, 9.17) is 4.74 Å². The van der Waals surface area contributed by atoms with Gasteiger partial charge in [0.05, 0.1) is 12.5 Å². The molecule has 0 aromatic heterocycles. The van der Waals surface area contributed by atoms with Crippen molar-refractivity contribution < 1.29 is 23.9 Å². The summed E-state index contributed by atoms with van der Waals surface area (Å²) in [5.41, 5.74) is 0.887. The molecule has 128 valence electrons. The summed E-state index contributed by atoms with van der Waals surface area (Å²) in [6.45, 7) is 6.62. The third-order valence-corrected chi connectivity index (χ3v) is 3.10. The number of hydrogen-bond acceptors (Lipinski definition) is 5. The number of carbonyl (C=O) groups excluding carboxylic acids is 3. The summed E-state index contributed by atoms with van der Waals surface area (Å²) >= 11 is 0. The number of amides is 1. The standard InChI is InChI=1S/C18H21NO5/c1-3-23-17(21)12-8-11-16(20)19-15(18(22)24-4-2)13-14-9-6-5-7-10-14/h3-7,9-10,15H,1-2,8,11-13H2,(H,19,20)/t15-/m0/s1. The number of nitrogens with one attached hydrogen (secondary N) is 1. The first-order valence-electron chi connectivity index (χ1n) is 7.52. The Balaban J connectivity index is 2.55. The molecule has 1 N–H and O–H groups in total. The normalized spacial score (nSPS) is 11.0. The van der Waals surface area contributed by atoms with Gasteiger partial charge in [-0.05, 0) is 12.0 Å². The van der Waals surface area contributed by atoms with Crippen LogP contribution in [0.3, 0.4) is 0 Å². The molecule has 0 aliphatic heterocycles. The van der Waals surface area contributed by atoms with E-state index in [0.717, 1.165) is 18.1 Å². The van der Waals surface area contributed by atoms with Crippen LogP contribution in [0.2, 0.25) is 0 Å². The molecule has 1 rings (SSSR count). The number of benzene rings is 1. The molecule has 0 aliphatic rings. The molecular formula is C18H21NO5. The molecule has 1 atom stereocenters. The Hall–Kier alpha value is -2.89. The fraction of sp³-hybridized carbons (Fsp3) is 0.278. The molecule has 0 aliphatic carbocycles. The maximum absolute atomic E-state index is 12.0. The molecule has 0 radical (unpaired) electrons. The van der Waals surface area contributed by atoms with Crippen LogP contribution in [0.4, 0.5) is 0 Å². The third kappa shape index (κ3) is 7.40. The predicted molar refractivity (Wildman–Crippen MR) is 88.5 cm³/mol. The topological polar surface area (TPSA) is 81.7 Å². The number of ether oxygens (including phenoxy) is 2. The van der Waals surface area contributed by atoms with E-state index in [0.29, 0.717) is 12.8 Å². The molecule has 6 heteroatoms. The molecule has 1 amide bonds. The largest absolute Gasteiger partial charge is 0.435 e. The first-order valence-corrected chi connectivity index (χ1v) is 7.52. The molecule has 0 bridgehead atoms. The summed E-state index contributed by atoms with van der Waals surface area (Å²) in [4.78, 5) is 35.1. The lowest BCUT2D eigenvalue weighted by atomic mass is 10.1. The van der Waals surface area contributed by atoms with Crippen molar-refractivity contribution in [3.8, 4) is 0 Å². The first kappa shape index (κ1) is 19.2. The zero-order valence-electron chi connectivity index (χ0n) is 13.4. The van der Waals surface area contributed by atoms with Gasteiger partial charge in [-0.15, -0.1) is 0 Å². The lowest BCUT2D eigenvalue weighted by Gasteiger charge is -2.16. The Morgan fingerprint density at radius 1 is 1.04 bits per heavy atom. The van der Waals surface area contributed by atoms with Crippen LogP contribution >= 0.6 is 0 Å². The van der Waals surface area contributed by atoms with Gasteiger partial charge in [-0.2, -0.15) is 0 Å². The van der Waals surface area contributed by atoms with E-state index in [1.165, 1.54) is 0 Å². The Kier molecular flexibility index (Phi) is 8.60. The predicted octanol–water partition coefficient (Wildman–Crippen LogP) is 2.26. The second-order valence-corrected chi connectivity index (χ2v) is 4.92. The summed E-state index contributed by atoms with van der Waals surface area (Å²) in [5, 5.41) is 2.62. The Labute approximate surface area is 141 Å². The summed E-state index contributed by atoms with van der Waals surface area (Å²) in [7, 11) is 0. The minimum absolute atomic E-state index is 0.0961. The molecule has 0 unspecified atom stereocenters. The van der Waals surface area contributed by atoms with Gasteiger partial charge in [0.25, 0.3) is 0 Å². The maximum atomic E-state index is 12.0. The summed E-state index contributed by atoms with van der Waals surface area (Å²) in [6, 6.07) is 8.44. The van der Waals surface area contributed by atoms with Crippen LogP contribution in [0.15, 0.2) is 56.0 Å². The van der Waals surface area contributed by atoms with Gasteiger partial charge in [0, 0.05) is 19.3 Å². The van der Waals surface area contributed by atoms with E-state index < -0.39 is 18.0 Å². The van der Waals surface area contributed by atoms with E-state index in [9.17, 15) is 14.4 Å². The molecule has 1 aromatic rings. The highest BCUT2D eigenvalue weighted by atomic mass is 16.5. The zero-order valence-corrected chi connectivity index (χ0v) is 13.4. The van der Waals surface area contributed by atoms with Crippen LogP contribution in [0, 0.1) is 0 Å². The summed E-state index contributed by atoms with van der Waals surface area (Å²) in [5.74, 6) is -1.39. The highest BCUT2D eigenvalue weighted by molar-refractivity contribution is 5.85. The number of carbonyl (C=O) groups is 3. The molecule has 0 saturated carbocycles. The van der Waals surface area contributed by atoms with Crippen LogP contribution in [-0.2, 0) is 30.3 Å². The van der Waals surface area contributed by atoms with E-state index in [2.05, 4.69) is 23.2 Å². The minimum Gasteiger partial charge on any atom is -0.435 e. The van der Waals surface area contributed by atoms with E-state index in [-0.39, 0.29) is 18.7 Å². The van der Waals surface area contributed by atoms with Gasteiger partial charge in [-0.3, -0.25) is 9.59 Å². The van der Waals surface area contributed by atoms with Crippen molar-refractivity contribution >= 4 is 17.8 Å². The van der Waals surface area contributed by atoms with Gasteiger partial charge in [0.15, 0.2) is 0 Å². The van der Waals surface area contributed by atoms with Gasteiger partial charge in [-0.1, -0.05) is 43.5 Å². The zero-order chi connectivity index (χ0) is 17.8. The SMILES string of the molecule is C=COC(=O)CCCC(=O)N[C@@H](Cc1ccccc1)C(=O)OC=C. The van der Waals surface area contributed by atoms with Crippen molar-refractivity contribution in [3.63, 3.8) is 0 Å². The minimum atomic E-state index is -0.821. The van der Waals surface area contributed by atoms with Crippen molar-refractivity contribution in [3.05, 3.63) is 61.6 Å². The van der Waals surface area contributed by atoms with Crippen LogP contribution in [0.1, 0.15) is 24.8 Å². The fourth-order valence-electron chi connectivity index (χ4n) is 2.02. The van der Waals surface area contributed by atoms with Crippen LogP contribution < -0.4 is 5.32 Å². The van der Waals surface area contributed by atoms with Crippen molar-refractivity contribution in [2.24, 2.45) is 0 Å². The van der Waals surface area contributed by atoms with Gasteiger partial charge >= 0.3 is 11.9 Å². The number of esters is 2.